The van der Waals surface area contributed by atoms with Crippen LogP contribution in [0.3, 0.4) is 0 Å². The number of benzene rings is 3. The molecule has 1 saturated heterocycles. The highest BCUT2D eigenvalue weighted by Crippen LogP contribution is 2.43. The van der Waals surface area contributed by atoms with E-state index >= 15 is 0 Å². The number of aryl methyl sites for hydroxylation is 2. The number of amides is 1. The summed E-state index contributed by atoms with van der Waals surface area (Å²) in [4.78, 5) is 34.4. The van der Waals surface area contributed by atoms with Gasteiger partial charge in [-0.2, -0.15) is 0 Å². The van der Waals surface area contributed by atoms with Gasteiger partial charge in [0.05, 0.1) is 4.91 Å². The van der Waals surface area contributed by atoms with Gasteiger partial charge in [-0.05, 0) is 98.3 Å². The van der Waals surface area contributed by atoms with Gasteiger partial charge in [0.2, 0.25) is 0 Å². The third-order valence-electron chi connectivity index (χ3n) is 7.76. The fraction of sp³-hybridized carbons (Fsp3) is 0.0789. The molecule has 1 aliphatic heterocycles. The van der Waals surface area contributed by atoms with Crippen molar-refractivity contribution in [3.63, 3.8) is 0 Å². The van der Waals surface area contributed by atoms with E-state index in [0.29, 0.717) is 4.91 Å². The summed E-state index contributed by atoms with van der Waals surface area (Å²) in [7, 11) is 0. The monoisotopic (exact) mass is 720 g/mol. The first-order valence-corrected chi connectivity index (χ1v) is 18.7. The molecule has 48 heavy (non-hydrogen) atoms. The molecule has 0 unspecified atom stereocenters. The average molecular weight is 721 g/mol. The normalized spacial score (nSPS) is 13.9. The minimum atomic E-state index is -1.09. The maximum Gasteiger partial charge on any atom is 0.323 e. The summed E-state index contributed by atoms with van der Waals surface area (Å²) >= 11 is 11.5. The first kappa shape index (κ1) is 32.2. The standard InChI is InChI=1S/C38H28N2O3S5/c1-23-3-9-26(10-4-23)40(27-11-5-24(2)6-12-27)28-13-7-25(8-14-28)30-17-18-33(46-30)34-20-19-32(47-34)31-16-15-29(45-31)21-35-37(43)39(22-36(41)42)38(44)48-35/h3-21H,22H2,1-2H3,(H,41,42)/b35-21-. The lowest BCUT2D eigenvalue weighted by Crippen LogP contribution is -2.33. The van der Waals surface area contributed by atoms with Gasteiger partial charge in [0.25, 0.3) is 5.91 Å². The number of hydrogen-bond donors (Lipinski definition) is 1. The summed E-state index contributed by atoms with van der Waals surface area (Å²) in [6.45, 7) is 3.79. The molecule has 1 amide bonds. The number of hydrogen-bond acceptors (Lipinski definition) is 8. The third kappa shape index (κ3) is 6.80. The molecule has 3 aromatic carbocycles. The predicted octanol–water partition coefficient (Wildman–Crippen LogP) is 11.2. The molecule has 0 radical (unpaired) electrons. The van der Waals surface area contributed by atoms with Gasteiger partial charge in [0, 0.05) is 46.3 Å². The molecule has 1 fully saturated rings. The number of anilines is 3. The highest BCUT2D eigenvalue weighted by molar-refractivity contribution is 8.26. The SMILES string of the molecule is Cc1ccc(N(c2ccc(C)cc2)c2ccc(-c3ccc(-c4ccc(-c5ccc(/C=C6\SC(=S)N(CC(=O)O)C6=O)s5)s4)s3)cc2)cc1. The molecule has 3 aromatic heterocycles. The number of carbonyl (C=O) groups is 2. The number of aliphatic carboxylic acids is 1. The summed E-state index contributed by atoms with van der Waals surface area (Å²) in [6.07, 6.45) is 1.79. The van der Waals surface area contributed by atoms with Gasteiger partial charge in [-0.3, -0.25) is 14.5 Å². The quantitative estimate of drug-likeness (QED) is 0.119. The Bertz CT molecular complexity index is 2130. The minimum absolute atomic E-state index is 0.269. The summed E-state index contributed by atoms with van der Waals surface area (Å²) in [5.74, 6) is -1.45. The van der Waals surface area contributed by atoms with E-state index in [0.717, 1.165) is 48.4 Å². The van der Waals surface area contributed by atoms with Crippen LogP contribution in [-0.4, -0.2) is 32.7 Å². The van der Waals surface area contributed by atoms with E-state index in [1.807, 2.05) is 6.07 Å². The van der Waals surface area contributed by atoms with Crippen LogP contribution in [0.4, 0.5) is 17.1 Å². The zero-order valence-corrected chi connectivity index (χ0v) is 30.0. The number of thiophene rings is 3. The van der Waals surface area contributed by atoms with E-state index in [4.69, 9.17) is 17.3 Å². The molecule has 0 bridgehead atoms. The molecular formula is C38H28N2O3S5. The van der Waals surface area contributed by atoms with Gasteiger partial charge in [-0.1, -0.05) is 71.5 Å². The van der Waals surface area contributed by atoms with Crippen molar-refractivity contribution in [1.82, 2.24) is 4.90 Å². The van der Waals surface area contributed by atoms with Crippen LogP contribution in [0.15, 0.2) is 114 Å². The molecule has 10 heteroatoms. The van der Waals surface area contributed by atoms with Gasteiger partial charge in [-0.25, -0.2) is 0 Å². The van der Waals surface area contributed by atoms with Crippen LogP contribution < -0.4 is 4.90 Å². The van der Waals surface area contributed by atoms with E-state index < -0.39 is 12.5 Å². The lowest BCUT2D eigenvalue weighted by Gasteiger charge is -2.26. The smallest absolute Gasteiger partial charge is 0.323 e. The molecule has 0 atom stereocenters. The molecule has 4 heterocycles. The molecule has 238 valence electrons. The maximum atomic E-state index is 12.7. The molecule has 7 rings (SSSR count). The lowest BCUT2D eigenvalue weighted by molar-refractivity contribution is -0.140. The Balaban J connectivity index is 1.08. The Morgan fingerprint density at radius 3 is 1.69 bits per heavy atom. The van der Waals surface area contributed by atoms with E-state index in [9.17, 15) is 9.59 Å². The Morgan fingerprint density at radius 2 is 1.15 bits per heavy atom. The number of nitrogens with zero attached hydrogens (tertiary/aromatic N) is 2. The highest BCUT2D eigenvalue weighted by Gasteiger charge is 2.33. The second-order valence-electron chi connectivity index (χ2n) is 11.2. The molecule has 1 aliphatic rings. The van der Waals surface area contributed by atoms with Crippen LogP contribution in [-0.2, 0) is 9.59 Å². The molecule has 0 saturated carbocycles. The number of thioether (sulfide) groups is 1. The first-order chi connectivity index (χ1) is 23.2. The van der Waals surface area contributed by atoms with Crippen LogP contribution >= 0.6 is 58.0 Å². The Hall–Kier alpha value is -4.32. The number of carbonyl (C=O) groups excluding carboxylic acids is 1. The molecule has 0 spiro atoms. The fourth-order valence-corrected chi connectivity index (χ4v) is 9.77. The van der Waals surface area contributed by atoms with E-state index in [-0.39, 0.29) is 10.2 Å². The van der Waals surface area contributed by atoms with Crippen LogP contribution in [0, 0.1) is 13.8 Å². The van der Waals surface area contributed by atoms with Crippen molar-refractivity contribution in [1.29, 1.82) is 0 Å². The maximum absolute atomic E-state index is 12.7. The number of carboxylic acid groups (broad SMARTS) is 1. The van der Waals surface area contributed by atoms with Crippen LogP contribution in [0.25, 0.3) is 36.0 Å². The predicted molar refractivity (Wildman–Crippen MR) is 208 cm³/mol. The Morgan fingerprint density at radius 1 is 0.688 bits per heavy atom. The summed E-state index contributed by atoms with van der Waals surface area (Å²) in [5.41, 5.74) is 6.99. The molecular weight excluding hydrogens is 693 g/mol. The van der Waals surface area contributed by atoms with E-state index in [1.54, 1.807) is 40.1 Å². The van der Waals surface area contributed by atoms with Gasteiger partial charge in [-0.15, -0.1) is 34.0 Å². The van der Waals surface area contributed by atoms with Crippen LogP contribution in [0.1, 0.15) is 16.0 Å². The first-order valence-electron chi connectivity index (χ1n) is 15.0. The van der Waals surface area contributed by atoms with Crippen molar-refractivity contribution < 1.29 is 14.7 Å². The van der Waals surface area contributed by atoms with Crippen molar-refractivity contribution in [2.45, 2.75) is 13.8 Å². The minimum Gasteiger partial charge on any atom is -0.480 e. The average Bonchev–Trinajstić information content (AvgIpc) is 3.89. The largest absolute Gasteiger partial charge is 0.480 e. The molecule has 5 nitrogen and oxygen atoms in total. The van der Waals surface area contributed by atoms with Gasteiger partial charge < -0.3 is 10.0 Å². The van der Waals surface area contributed by atoms with Crippen LogP contribution in [0.5, 0.6) is 0 Å². The summed E-state index contributed by atoms with van der Waals surface area (Å²) in [5, 5.41) is 9.09. The summed E-state index contributed by atoms with van der Waals surface area (Å²) in [6, 6.07) is 38.8. The third-order valence-corrected chi connectivity index (χ3v) is 12.8. The molecule has 0 aliphatic carbocycles. The second kappa shape index (κ2) is 13.7. The zero-order chi connectivity index (χ0) is 33.4. The number of thiocarbonyl (C=S) groups is 1. The Kier molecular flexibility index (Phi) is 9.17. The van der Waals surface area contributed by atoms with Crippen molar-refractivity contribution in [2.75, 3.05) is 11.4 Å². The summed E-state index contributed by atoms with van der Waals surface area (Å²) < 4.78 is 0.269. The second-order valence-corrected chi connectivity index (χ2v) is 16.2. The van der Waals surface area contributed by atoms with Crippen molar-refractivity contribution in [3.8, 4) is 29.9 Å². The molecule has 1 N–H and O–H groups in total. The Labute approximate surface area is 300 Å². The molecule has 6 aromatic rings. The highest BCUT2D eigenvalue weighted by atomic mass is 32.2. The lowest BCUT2D eigenvalue weighted by atomic mass is 10.1. The van der Waals surface area contributed by atoms with Crippen molar-refractivity contribution >= 4 is 97.3 Å². The number of carboxylic acids is 1. The fourth-order valence-electron chi connectivity index (χ4n) is 5.30. The zero-order valence-electron chi connectivity index (χ0n) is 25.9. The van der Waals surface area contributed by atoms with Crippen molar-refractivity contribution in [3.05, 3.63) is 130 Å². The van der Waals surface area contributed by atoms with E-state index in [2.05, 4.69) is 122 Å². The van der Waals surface area contributed by atoms with E-state index in [1.165, 1.54) is 31.3 Å². The topological polar surface area (TPSA) is 60.9 Å². The van der Waals surface area contributed by atoms with Crippen LogP contribution in [0.2, 0.25) is 0 Å². The van der Waals surface area contributed by atoms with Gasteiger partial charge >= 0.3 is 5.97 Å². The van der Waals surface area contributed by atoms with Gasteiger partial charge in [0.15, 0.2) is 0 Å². The number of rotatable bonds is 9. The van der Waals surface area contributed by atoms with Gasteiger partial charge in [0.1, 0.15) is 10.9 Å². The van der Waals surface area contributed by atoms with Crippen molar-refractivity contribution in [2.24, 2.45) is 0 Å².